The number of hydrogen-bond donors (Lipinski definition) is 0. The van der Waals surface area contributed by atoms with Gasteiger partial charge >= 0.3 is 0 Å². The average molecular weight is 387 g/mol. The fourth-order valence-electron chi connectivity index (χ4n) is 8.76. The van der Waals surface area contributed by atoms with E-state index in [2.05, 4.69) is 34.6 Å². The Kier molecular flexibility index (Phi) is 4.09. The molecule has 5 rings (SSSR count). The van der Waals surface area contributed by atoms with Gasteiger partial charge in [0.15, 0.2) is 11.6 Å². The van der Waals surface area contributed by atoms with Gasteiger partial charge in [-0.1, -0.05) is 33.3 Å². The van der Waals surface area contributed by atoms with Crippen molar-refractivity contribution in [3.8, 4) is 0 Å². The summed E-state index contributed by atoms with van der Waals surface area (Å²) >= 11 is 0. The molecule has 0 radical (unpaired) electrons. The van der Waals surface area contributed by atoms with Crippen molar-refractivity contribution in [3.05, 3.63) is 11.6 Å². The van der Waals surface area contributed by atoms with E-state index in [1.807, 2.05) is 6.08 Å². The van der Waals surface area contributed by atoms with Crippen molar-refractivity contribution in [1.29, 1.82) is 0 Å². The molecule has 0 amide bonds. The highest BCUT2D eigenvalue weighted by molar-refractivity contribution is 5.96. The van der Waals surface area contributed by atoms with Crippen molar-refractivity contribution in [1.82, 2.24) is 0 Å². The van der Waals surface area contributed by atoms with E-state index < -0.39 is 0 Å². The summed E-state index contributed by atoms with van der Waals surface area (Å²) in [4.78, 5) is 12.6. The van der Waals surface area contributed by atoms with Crippen molar-refractivity contribution >= 4 is 5.78 Å². The average Bonchev–Trinajstić information content (AvgIpc) is 3.20. The van der Waals surface area contributed by atoms with Gasteiger partial charge in [0.1, 0.15) is 0 Å². The van der Waals surface area contributed by atoms with Crippen LogP contribution in [0.3, 0.4) is 0 Å². The van der Waals surface area contributed by atoms with Crippen LogP contribution in [0.15, 0.2) is 11.6 Å². The second-order valence-electron chi connectivity index (χ2n) is 11.8. The minimum Gasteiger partial charge on any atom is -0.348 e. The molecular formula is C25H38O3. The topological polar surface area (TPSA) is 35.5 Å². The van der Waals surface area contributed by atoms with Crippen LogP contribution in [-0.2, 0) is 14.3 Å². The summed E-state index contributed by atoms with van der Waals surface area (Å²) in [7, 11) is 0. The molecule has 3 saturated carbocycles. The van der Waals surface area contributed by atoms with Crippen molar-refractivity contribution in [3.63, 3.8) is 0 Å². The molecule has 156 valence electrons. The Morgan fingerprint density at radius 1 is 0.929 bits per heavy atom. The Labute approximate surface area is 170 Å². The first-order chi connectivity index (χ1) is 13.1. The summed E-state index contributed by atoms with van der Waals surface area (Å²) < 4.78 is 12.3. The molecule has 0 bridgehead atoms. The summed E-state index contributed by atoms with van der Waals surface area (Å²) in [6.45, 7) is 13.0. The first kappa shape index (κ1) is 19.3. The maximum atomic E-state index is 12.6. The normalized spacial score (nSPS) is 49.2. The lowest BCUT2D eigenvalue weighted by atomic mass is 9.45. The van der Waals surface area contributed by atoms with Gasteiger partial charge in [-0.15, -0.1) is 0 Å². The third kappa shape index (κ3) is 2.44. The van der Waals surface area contributed by atoms with Crippen LogP contribution in [-0.4, -0.2) is 24.8 Å². The number of ether oxygens (including phenoxy) is 2. The summed E-state index contributed by atoms with van der Waals surface area (Å²) in [5.41, 5.74) is 1.80. The molecule has 1 aliphatic heterocycles. The number of allylic oxidation sites excluding steroid dienone is 1. The molecular weight excluding hydrogens is 348 g/mol. The second-order valence-corrected chi connectivity index (χ2v) is 11.8. The predicted molar refractivity (Wildman–Crippen MR) is 110 cm³/mol. The summed E-state index contributed by atoms with van der Waals surface area (Å²) in [6, 6.07) is 0. The lowest BCUT2D eigenvalue weighted by Crippen LogP contribution is -2.54. The Morgan fingerprint density at radius 2 is 1.64 bits per heavy atom. The molecule has 0 N–H and O–H groups in total. The van der Waals surface area contributed by atoms with Gasteiger partial charge in [-0.25, -0.2) is 0 Å². The zero-order valence-electron chi connectivity index (χ0n) is 18.5. The van der Waals surface area contributed by atoms with Crippen molar-refractivity contribution in [2.24, 2.45) is 39.9 Å². The van der Waals surface area contributed by atoms with E-state index in [0.717, 1.165) is 43.8 Å². The summed E-state index contributed by atoms with van der Waals surface area (Å²) in [5.74, 6) is 2.79. The fourth-order valence-corrected chi connectivity index (χ4v) is 8.76. The molecule has 0 spiro atoms. The minimum atomic E-state index is -0.376. The first-order valence-electron chi connectivity index (χ1n) is 11.6. The third-order valence-electron chi connectivity index (χ3n) is 10.0. The number of ketones is 1. The van der Waals surface area contributed by atoms with Crippen molar-refractivity contribution in [2.75, 3.05) is 13.2 Å². The zero-order valence-corrected chi connectivity index (χ0v) is 18.5. The van der Waals surface area contributed by atoms with E-state index in [4.69, 9.17) is 9.47 Å². The van der Waals surface area contributed by atoms with Gasteiger partial charge in [0, 0.05) is 11.3 Å². The van der Waals surface area contributed by atoms with Crippen molar-refractivity contribution in [2.45, 2.75) is 85.4 Å². The number of carbonyl (C=O) groups excluding carboxylic acids is 1. The lowest BCUT2D eigenvalue weighted by molar-refractivity contribution is -0.215. The maximum Gasteiger partial charge on any atom is 0.169 e. The van der Waals surface area contributed by atoms with Crippen molar-refractivity contribution < 1.29 is 14.3 Å². The molecule has 28 heavy (non-hydrogen) atoms. The van der Waals surface area contributed by atoms with Gasteiger partial charge < -0.3 is 9.47 Å². The first-order valence-corrected chi connectivity index (χ1v) is 11.6. The minimum absolute atomic E-state index is 0.210. The standard InChI is InChI=1S/C25H38O3/c1-22(2)15-24(4)16(14-21(22)26)6-7-17-18-8-9-20(25(5)27-12-13-28-25)23(18,3)11-10-19(17)24/h14,17-20H,6-13,15H2,1-5H3/t17-,18-,19-,20-,23-,24-/m0/s1. The van der Waals surface area contributed by atoms with Gasteiger partial charge in [0.05, 0.1) is 13.2 Å². The Bertz CT molecular complexity index is 715. The van der Waals surface area contributed by atoms with E-state index in [0.29, 0.717) is 17.1 Å². The highest BCUT2D eigenvalue weighted by atomic mass is 16.7. The SMILES string of the molecule is CC1(C)C[C@@]2(C)C(=CC1=O)CC[C@H]1[C@@H]3CC[C@H](C4(C)OCCO4)[C@@]3(C)CC[C@@H]12. The molecule has 5 aliphatic rings. The third-order valence-corrected chi connectivity index (χ3v) is 10.0. The van der Waals surface area contributed by atoms with E-state index in [1.54, 1.807) is 0 Å². The largest absolute Gasteiger partial charge is 0.348 e. The Morgan fingerprint density at radius 3 is 2.36 bits per heavy atom. The van der Waals surface area contributed by atoms with Crippen LogP contribution in [0.1, 0.15) is 79.6 Å². The van der Waals surface area contributed by atoms with Crippen LogP contribution < -0.4 is 0 Å². The van der Waals surface area contributed by atoms with Crippen LogP contribution in [0.25, 0.3) is 0 Å². The van der Waals surface area contributed by atoms with E-state index in [-0.39, 0.29) is 16.6 Å². The van der Waals surface area contributed by atoms with E-state index in [1.165, 1.54) is 37.7 Å². The fraction of sp³-hybridized carbons (Fsp3) is 0.880. The molecule has 1 saturated heterocycles. The molecule has 3 heteroatoms. The molecule has 0 aromatic heterocycles. The number of rotatable bonds is 1. The van der Waals surface area contributed by atoms with Crippen LogP contribution in [0.5, 0.6) is 0 Å². The maximum absolute atomic E-state index is 12.6. The van der Waals surface area contributed by atoms with Crippen LogP contribution in [0, 0.1) is 39.9 Å². The van der Waals surface area contributed by atoms with E-state index in [9.17, 15) is 4.79 Å². The van der Waals surface area contributed by atoms with Gasteiger partial charge in [-0.05, 0) is 86.5 Å². The quantitative estimate of drug-likeness (QED) is 0.594. The second kappa shape index (κ2) is 5.94. The number of carbonyl (C=O) groups is 1. The summed E-state index contributed by atoms with van der Waals surface area (Å²) in [6.07, 6.45) is 10.6. The highest BCUT2D eigenvalue weighted by Gasteiger charge is 2.63. The molecule has 0 aromatic carbocycles. The van der Waals surface area contributed by atoms with Gasteiger partial charge in [0.2, 0.25) is 0 Å². The van der Waals surface area contributed by atoms with Crippen LogP contribution in [0.2, 0.25) is 0 Å². The molecule has 0 unspecified atom stereocenters. The van der Waals surface area contributed by atoms with Gasteiger partial charge in [-0.3, -0.25) is 4.79 Å². The van der Waals surface area contributed by atoms with Crippen LogP contribution >= 0.6 is 0 Å². The smallest absolute Gasteiger partial charge is 0.169 e. The predicted octanol–water partition coefficient (Wildman–Crippen LogP) is 5.53. The van der Waals surface area contributed by atoms with Gasteiger partial charge in [0.25, 0.3) is 0 Å². The Balaban J connectivity index is 1.47. The molecule has 3 nitrogen and oxygen atoms in total. The molecule has 4 fully saturated rings. The summed E-state index contributed by atoms with van der Waals surface area (Å²) in [5, 5.41) is 0. The molecule has 6 atom stereocenters. The number of fused-ring (bicyclic) bond motifs is 5. The lowest BCUT2D eigenvalue weighted by Gasteiger charge is -2.60. The Hall–Kier alpha value is -0.670. The van der Waals surface area contributed by atoms with E-state index >= 15 is 0 Å². The molecule has 1 heterocycles. The highest BCUT2D eigenvalue weighted by Crippen LogP contribution is 2.69. The molecule has 4 aliphatic carbocycles. The van der Waals surface area contributed by atoms with Crippen LogP contribution in [0.4, 0.5) is 0 Å². The molecule has 0 aromatic rings. The van der Waals surface area contributed by atoms with Gasteiger partial charge in [-0.2, -0.15) is 0 Å². The monoisotopic (exact) mass is 386 g/mol. The number of hydrogen-bond acceptors (Lipinski definition) is 3. The zero-order chi connectivity index (χ0) is 19.9.